The first-order valence-electron chi connectivity index (χ1n) is 9.26. The Hall–Kier alpha value is -1.95. The zero-order chi connectivity index (χ0) is 17.9. The van der Waals surface area contributed by atoms with Gasteiger partial charge in [0.25, 0.3) is 5.91 Å². The second-order valence-corrected chi connectivity index (χ2v) is 7.61. The fourth-order valence-corrected chi connectivity index (χ4v) is 3.94. The number of pyridine rings is 1. The molecule has 0 unspecified atom stereocenters. The summed E-state index contributed by atoms with van der Waals surface area (Å²) in [5, 5.41) is 6.46. The van der Waals surface area contributed by atoms with Crippen molar-refractivity contribution in [3.63, 3.8) is 0 Å². The molecule has 0 saturated carbocycles. The standard InChI is InChI=1S/C19H28N4O2/c1-14(2)3-8-19(16-6-11-21-12-7-16)17(24)23(18(25)22-19)13-15-4-9-20-10-5-15/h4-5,9-10,14,16,21H,3,6-8,11-13H2,1-2H3,(H,22,25)/t19-/m1/s1. The van der Waals surface area contributed by atoms with Crippen molar-refractivity contribution in [2.24, 2.45) is 11.8 Å². The van der Waals surface area contributed by atoms with Crippen LogP contribution in [-0.2, 0) is 11.3 Å². The van der Waals surface area contributed by atoms with Crippen LogP contribution < -0.4 is 10.6 Å². The van der Waals surface area contributed by atoms with Gasteiger partial charge in [-0.25, -0.2) is 4.79 Å². The zero-order valence-electron chi connectivity index (χ0n) is 15.1. The van der Waals surface area contributed by atoms with Crippen molar-refractivity contribution in [1.82, 2.24) is 20.5 Å². The molecule has 3 heterocycles. The fourth-order valence-electron chi connectivity index (χ4n) is 3.94. The number of carbonyl (C=O) groups excluding carboxylic acids is 2. The topological polar surface area (TPSA) is 74.3 Å². The highest BCUT2D eigenvalue weighted by Gasteiger charge is 2.55. The van der Waals surface area contributed by atoms with Crippen LogP contribution in [0.15, 0.2) is 24.5 Å². The molecule has 6 heteroatoms. The Morgan fingerprint density at radius 3 is 2.56 bits per heavy atom. The number of carbonyl (C=O) groups is 2. The maximum absolute atomic E-state index is 13.4. The summed E-state index contributed by atoms with van der Waals surface area (Å²) in [6.45, 7) is 6.43. The first-order valence-corrected chi connectivity index (χ1v) is 9.26. The van der Waals surface area contributed by atoms with E-state index in [9.17, 15) is 9.59 Å². The van der Waals surface area contributed by atoms with Gasteiger partial charge in [0, 0.05) is 12.4 Å². The normalized spacial score (nSPS) is 24.8. The summed E-state index contributed by atoms with van der Waals surface area (Å²) >= 11 is 0. The Kier molecular flexibility index (Phi) is 5.37. The Morgan fingerprint density at radius 2 is 1.92 bits per heavy atom. The van der Waals surface area contributed by atoms with Crippen LogP contribution in [0.4, 0.5) is 4.79 Å². The number of nitrogens with zero attached hydrogens (tertiary/aromatic N) is 2. The van der Waals surface area contributed by atoms with Crippen LogP contribution in [0.2, 0.25) is 0 Å². The average Bonchev–Trinajstić information content (AvgIpc) is 2.87. The first kappa shape index (κ1) is 17.9. The molecule has 2 fully saturated rings. The molecule has 2 N–H and O–H groups in total. The molecular formula is C19H28N4O2. The quantitative estimate of drug-likeness (QED) is 0.777. The lowest BCUT2D eigenvalue weighted by molar-refractivity contribution is -0.134. The van der Waals surface area contributed by atoms with E-state index in [4.69, 9.17) is 0 Å². The van der Waals surface area contributed by atoms with Crippen molar-refractivity contribution >= 4 is 11.9 Å². The third kappa shape index (κ3) is 3.68. The highest BCUT2D eigenvalue weighted by molar-refractivity contribution is 6.07. The molecule has 2 saturated heterocycles. The summed E-state index contributed by atoms with van der Waals surface area (Å²) in [4.78, 5) is 31.4. The second kappa shape index (κ2) is 7.52. The maximum atomic E-state index is 13.4. The third-order valence-corrected chi connectivity index (χ3v) is 5.44. The molecule has 6 nitrogen and oxygen atoms in total. The van der Waals surface area contributed by atoms with Crippen molar-refractivity contribution in [1.29, 1.82) is 0 Å². The maximum Gasteiger partial charge on any atom is 0.325 e. The summed E-state index contributed by atoms with van der Waals surface area (Å²) in [6, 6.07) is 3.43. The van der Waals surface area contributed by atoms with Crippen molar-refractivity contribution in [2.75, 3.05) is 13.1 Å². The highest BCUT2D eigenvalue weighted by Crippen LogP contribution is 2.37. The Bertz CT molecular complexity index is 613. The van der Waals surface area contributed by atoms with E-state index in [0.717, 1.165) is 37.9 Å². The minimum atomic E-state index is -0.740. The molecule has 136 valence electrons. The van der Waals surface area contributed by atoms with Crippen LogP contribution >= 0.6 is 0 Å². The molecular weight excluding hydrogens is 316 g/mol. The van der Waals surface area contributed by atoms with E-state index in [1.54, 1.807) is 12.4 Å². The van der Waals surface area contributed by atoms with Gasteiger partial charge in [-0.3, -0.25) is 14.7 Å². The molecule has 0 spiro atoms. The van der Waals surface area contributed by atoms with Gasteiger partial charge >= 0.3 is 6.03 Å². The van der Waals surface area contributed by atoms with Crippen molar-refractivity contribution < 1.29 is 9.59 Å². The van der Waals surface area contributed by atoms with E-state index in [2.05, 4.69) is 29.5 Å². The molecule has 0 radical (unpaired) electrons. The smallest absolute Gasteiger partial charge is 0.323 e. The summed E-state index contributed by atoms with van der Waals surface area (Å²) in [5.41, 5.74) is 0.180. The van der Waals surface area contributed by atoms with Gasteiger partial charge in [0.15, 0.2) is 0 Å². The molecule has 25 heavy (non-hydrogen) atoms. The highest BCUT2D eigenvalue weighted by atomic mass is 16.2. The number of amides is 3. The van der Waals surface area contributed by atoms with E-state index < -0.39 is 5.54 Å². The molecule has 3 rings (SSSR count). The molecule has 1 atom stereocenters. The number of rotatable bonds is 6. The SMILES string of the molecule is CC(C)CC[C@]1(C2CCNCC2)NC(=O)N(Cc2ccncc2)C1=O. The van der Waals surface area contributed by atoms with Crippen molar-refractivity contribution in [3.05, 3.63) is 30.1 Å². The van der Waals surface area contributed by atoms with Gasteiger partial charge in [0.2, 0.25) is 0 Å². The Morgan fingerprint density at radius 1 is 1.24 bits per heavy atom. The number of nitrogens with one attached hydrogen (secondary N) is 2. The summed E-state index contributed by atoms with van der Waals surface area (Å²) in [6.07, 6.45) is 6.87. The molecule has 3 amide bonds. The first-order chi connectivity index (χ1) is 12.0. The van der Waals surface area contributed by atoms with Gasteiger partial charge < -0.3 is 10.6 Å². The lowest BCUT2D eigenvalue weighted by atomic mass is 9.74. The van der Waals surface area contributed by atoms with Crippen LogP contribution in [0.5, 0.6) is 0 Å². The van der Waals surface area contributed by atoms with E-state index in [1.807, 2.05) is 12.1 Å². The van der Waals surface area contributed by atoms with Crippen LogP contribution in [0.25, 0.3) is 0 Å². The summed E-state index contributed by atoms with van der Waals surface area (Å²) in [5.74, 6) is 0.644. The van der Waals surface area contributed by atoms with E-state index in [0.29, 0.717) is 18.9 Å². The molecule has 2 aliphatic heterocycles. The molecule has 2 aliphatic rings. The number of hydrogen-bond acceptors (Lipinski definition) is 4. The summed E-state index contributed by atoms with van der Waals surface area (Å²) in [7, 11) is 0. The molecule has 0 aromatic carbocycles. The molecule has 1 aromatic heterocycles. The second-order valence-electron chi connectivity index (χ2n) is 7.61. The molecule has 1 aromatic rings. The minimum absolute atomic E-state index is 0.0538. The molecule has 0 aliphatic carbocycles. The average molecular weight is 344 g/mol. The molecule has 0 bridgehead atoms. The van der Waals surface area contributed by atoms with Gasteiger partial charge in [-0.05, 0) is 68.3 Å². The zero-order valence-corrected chi connectivity index (χ0v) is 15.1. The fraction of sp³-hybridized carbons (Fsp3) is 0.632. The van der Waals surface area contributed by atoms with Gasteiger partial charge in [0.05, 0.1) is 6.54 Å². The van der Waals surface area contributed by atoms with Gasteiger partial charge in [-0.15, -0.1) is 0 Å². The Balaban J connectivity index is 1.84. The largest absolute Gasteiger partial charge is 0.325 e. The van der Waals surface area contributed by atoms with Crippen LogP contribution in [0, 0.1) is 11.8 Å². The Labute approximate surface area is 149 Å². The predicted molar refractivity (Wildman–Crippen MR) is 95.7 cm³/mol. The van der Waals surface area contributed by atoms with E-state index in [-0.39, 0.29) is 17.9 Å². The third-order valence-electron chi connectivity index (χ3n) is 5.44. The number of imide groups is 1. The van der Waals surface area contributed by atoms with Gasteiger partial charge in [-0.2, -0.15) is 0 Å². The van der Waals surface area contributed by atoms with Crippen LogP contribution in [0.1, 0.15) is 45.1 Å². The number of hydrogen-bond donors (Lipinski definition) is 2. The lowest BCUT2D eigenvalue weighted by Crippen LogP contribution is -2.55. The lowest BCUT2D eigenvalue weighted by Gasteiger charge is -2.38. The van der Waals surface area contributed by atoms with E-state index >= 15 is 0 Å². The number of aromatic nitrogens is 1. The number of piperidine rings is 1. The monoisotopic (exact) mass is 344 g/mol. The minimum Gasteiger partial charge on any atom is -0.323 e. The van der Waals surface area contributed by atoms with Crippen LogP contribution in [-0.4, -0.2) is 40.5 Å². The van der Waals surface area contributed by atoms with Crippen molar-refractivity contribution in [3.8, 4) is 0 Å². The van der Waals surface area contributed by atoms with Gasteiger partial charge in [0.1, 0.15) is 5.54 Å². The summed E-state index contributed by atoms with van der Waals surface area (Å²) < 4.78 is 0. The van der Waals surface area contributed by atoms with E-state index in [1.165, 1.54) is 4.90 Å². The predicted octanol–water partition coefficient (Wildman–Crippen LogP) is 2.31. The van der Waals surface area contributed by atoms with Gasteiger partial charge in [-0.1, -0.05) is 13.8 Å². The van der Waals surface area contributed by atoms with Crippen molar-refractivity contribution in [2.45, 2.75) is 51.6 Å². The van der Waals surface area contributed by atoms with Crippen LogP contribution in [0.3, 0.4) is 0 Å². The number of urea groups is 1.